The lowest BCUT2D eigenvalue weighted by Crippen LogP contribution is -2.56. The Bertz CT molecular complexity index is 599. The molecule has 0 aromatic heterocycles. The summed E-state index contributed by atoms with van der Waals surface area (Å²) in [6.07, 6.45) is 9.24. The summed E-state index contributed by atoms with van der Waals surface area (Å²) in [4.78, 5) is 15.0. The van der Waals surface area contributed by atoms with Gasteiger partial charge in [-0.1, -0.05) is 0 Å². The van der Waals surface area contributed by atoms with E-state index in [4.69, 9.17) is 28.5 Å². The molecule has 8 heteroatoms. The third kappa shape index (κ3) is 4.17. The van der Waals surface area contributed by atoms with E-state index in [1.165, 1.54) is 0 Å². The molecule has 2 aliphatic carbocycles. The molecule has 1 amide bonds. The predicted octanol–water partition coefficient (Wildman–Crippen LogP) is 2.87. The molecule has 5 nitrogen and oxygen atoms in total. The molecule has 0 radical (unpaired) electrons. The van der Waals surface area contributed by atoms with E-state index in [2.05, 4.69) is 16.8 Å². The lowest BCUT2D eigenvalue weighted by Gasteiger charge is -2.52. The standard InChI is InChI=1S/C19H28Cl2N4OS/c20-12-1-2-14(15(21)7-12)17-24-16(10-27-17)18(26)25-5-3-19(4-6-25)8-13(9-19)23-11-22/h12-17,23-24H,1-10H2. The number of halogens is 2. The molecule has 27 heavy (non-hydrogen) atoms. The maximum Gasteiger partial charge on any atom is 0.240 e. The molecule has 4 fully saturated rings. The topological polar surface area (TPSA) is 68.2 Å². The van der Waals surface area contributed by atoms with Crippen molar-refractivity contribution in [2.45, 2.75) is 73.2 Å². The number of nitrogens with zero attached hydrogens (tertiary/aromatic N) is 2. The van der Waals surface area contributed by atoms with Crippen molar-refractivity contribution in [1.82, 2.24) is 15.5 Å². The molecule has 5 unspecified atom stereocenters. The van der Waals surface area contributed by atoms with Gasteiger partial charge in [0.05, 0.1) is 11.4 Å². The molecule has 4 rings (SSSR count). The van der Waals surface area contributed by atoms with Gasteiger partial charge in [-0.2, -0.15) is 5.26 Å². The van der Waals surface area contributed by atoms with Crippen LogP contribution in [-0.4, -0.2) is 57.9 Å². The first-order chi connectivity index (χ1) is 13.0. The predicted molar refractivity (Wildman–Crippen MR) is 110 cm³/mol. The molecule has 0 aromatic rings. The molecular weight excluding hydrogens is 403 g/mol. The van der Waals surface area contributed by atoms with Gasteiger partial charge in [0.15, 0.2) is 6.19 Å². The molecule has 150 valence electrons. The largest absolute Gasteiger partial charge is 0.341 e. The van der Waals surface area contributed by atoms with Crippen LogP contribution in [0.3, 0.4) is 0 Å². The van der Waals surface area contributed by atoms with Gasteiger partial charge >= 0.3 is 0 Å². The lowest BCUT2D eigenvalue weighted by molar-refractivity contribution is -0.136. The second kappa shape index (κ2) is 8.18. The summed E-state index contributed by atoms with van der Waals surface area (Å²) < 4.78 is 0. The molecule has 0 bridgehead atoms. The molecule has 2 heterocycles. The number of rotatable bonds is 3. The minimum absolute atomic E-state index is 0.0824. The van der Waals surface area contributed by atoms with E-state index < -0.39 is 0 Å². The zero-order chi connectivity index (χ0) is 19.0. The van der Waals surface area contributed by atoms with E-state index >= 15 is 0 Å². The van der Waals surface area contributed by atoms with Gasteiger partial charge in [-0.3, -0.25) is 10.1 Å². The number of alkyl halides is 2. The second-order valence-corrected chi connectivity index (χ2v) is 11.1. The Balaban J connectivity index is 1.25. The molecule has 2 aliphatic heterocycles. The third-order valence-corrected chi connectivity index (χ3v) is 9.29. The van der Waals surface area contributed by atoms with Crippen molar-refractivity contribution in [1.29, 1.82) is 5.26 Å². The van der Waals surface area contributed by atoms with Crippen molar-refractivity contribution in [3.05, 3.63) is 0 Å². The quantitative estimate of drug-likeness (QED) is 0.409. The van der Waals surface area contributed by atoms with Crippen LogP contribution < -0.4 is 10.6 Å². The van der Waals surface area contributed by atoms with Crippen LogP contribution in [0.4, 0.5) is 0 Å². The zero-order valence-corrected chi connectivity index (χ0v) is 17.8. The maximum atomic E-state index is 13.0. The highest BCUT2D eigenvalue weighted by Crippen LogP contribution is 2.49. The second-order valence-electron chi connectivity index (χ2n) is 8.75. The van der Waals surface area contributed by atoms with Crippen LogP contribution in [0.25, 0.3) is 0 Å². The van der Waals surface area contributed by atoms with Crippen LogP contribution in [0.15, 0.2) is 0 Å². The fraction of sp³-hybridized carbons (Fsp3) is 0.895. The molecule has 4 aliphatic rings. The summed E-state index contributed by atoms with van der Waals surface area (Å²) in [7, 11) is 0. The number of nitriles is 1. The van der Waals surface area contributed by atoms with E-state index in [0.717, 1.165) is 63.8 Å². The minimum atomic E-state index is -0.0824. The number of thioether (sulfide) groups is 1. The summed E-state index contributed by atoms with van der Waals surface area (Å²) in [5, 5.41) is 15.7. The average molecular weight is 431 g/mol. The average Bonchev–Trinajstić information content (AvgIpc) is 3.10. The van der Waals surface area contributed by atoms with E-state index in [1.54, 1.807) is 0 Å². The summed E-state index contributed by atoms with van der Waals surface area (Å²) in [6, 6.07) is 0.263. The Kier molecular flexibility index (Phi) is 6.04. The van der Waals surface area contributed by atoms with E-state index in [1.807, 2.05) is 16.7 Å². The summed E-state index contributed by atoms with van der Waals surface area (Å²) in [6.45, 7) is 1.70. The van der Waals surface area contributed by atoms with Crippen molar-refractivity contribution in [3.8, 4) is 6.19 Å². The number of carbonyl (C=O) groups is 1. The Morgan fingerprint density at radius 1 is 1.26 bits per heavy atom. The van der Waals surface area contributed by atoms with Crippen molar-refractivity contribution in [3.63, 3.8) is 0 Å². The Labute approximate surface area is 175 Å². The van der Waals surface area contributed by atoms with Gasteiger partial charge in [-0.15, -0.1) is 35.0 Å². The zero-order valence-electron chi connectivity index (χ0n) is 15.5. The first kappa shape index (κ1) is 19.9. The van der Waals surface area contributed by atoms with Gasteiger partial charge < -0.3 is 10.2 Å². The van der Waals surface area contributed by atoms with Crippen LogP contribution in [0.2, 0.25) is 0 Å². The minimum Gasteiger partial charge on any atom is -0.341 e. The molecule has 2 saturated heterocycles. The van der Waals surface area contributed by atoms with Gasteiger partial charge in [0.2, 0.25) is 5.91 Å². The van der Waals surface area contributed by atoms with Gasteiger partial charge in [-0.25, -0.2) is 0 Å². The van der Waals surface area contributed by atoms with E-state index in [9.17, 15) is 4.79 Å². The Morgan fingerprint density at radius 3 is 2.67 bits per heavy atom. The monoisotopic (exact) mass is 430 g/mol. The summed E-state index contributed by atoms with van der Waals surface area (Å²) in [5.74, 6) is 1.49. The smallest absolute Gasteiger partial charge is 0.240 e. The summed E-state index contributed by atoms with van der Waals surface area (Å²) >= 11 is 14.7. The number of nitrogens with one attached hydrogen (secondary N) is 2. The van der Waals surface area contributed by atoms with E-state index in [0.29, 0.717) is 17.4 Å². The fourth-order valence-corrected chi connectivity index (χ4v) is 7.78. The van der Waals surface area contributed by atoms with Crippen LogP contribution >= 0.6 is 35.0 Å². The van der Waals surface area contributed by atoms with Crippen molar-refractivity contribution in [2.24, 2.45) is 11.3 Å². The van der Waals surface area contributed by atoms with Crippen LogP contribution in [0.1, 0.15) is 44.9 Å². The van der Waals surface area contributed by atoms with Crippen LogP contribution in [-0.2, 0) is 4.79 Å². The number of hydrogen-bond acceptors (Lipinski definition) is 5. The molecule has 2 N–H and O–H groups in total. The lowest BCUT2D eigenvalue weighted by atomic mass is 9.60. The maximum absolute atomic E-state index is 13.0. The SMILES string of the molecule is N#CNC1CC2(CCN(C(=O)C3CSC(C4CCC(Cl)CC4Cl)N3)CC2)C1. The number of amides is 1. The van der Waals surface area contributed by atoms with Gasteiger partial charge in [0.1, 0.15) is 0 Å². The highest BCUT2D eigenvalue weighted by atomic mass is 35.5. The number of likely N-dealkylation sites (tertiary alicyclic amines) is 1. The van der Waals surface area contributed by atoms with Crippen molar-refractivity contribution >= 4 is 40.9 Å². The normalized spacial score (nSPS) is 39.0. The third-order valence-electron chi connectivity index (χ3n) is 7.02. The molecule has 2 saturated carbocycles. The van der Waals surface area contributed by atoms with Crippen molar-refractivity contribution in [2.75, 3.05) is 18.8 Å². The van der Waals surface area contributed by atoms with Crippen molar-refractivity contribution < 1.29 is 4.79 Å². The van der Waals surface area contributed by atoms with Crippen LogP contribution in [0.5, 0.6) is 0 Å². The first-order valence-electron chi connectivity index (χ1n) is 10.1. The Morgan fingerprint density at radius 2 is 2.00 bits per heavy atom. The molecule has 1 spiro atoms. The number of hydrogen-bond donors (Lipinski definition) is 2. The van der Waals surface area contributed by atoms with E-state index in [-0.39, 0.29) is 28.1 Å². The number of carbonyl (C=O) groups excluding carboxylic acids is 1. The highest BCUT2D eigenvalue weighted by molar-refractivity contribution is 8.00. The van der Waals surface area contributed by atoms with Gasteiger partial charge in [-0.05, 0) is 50.4 Å². The molecule has 5 atom stereocenters. The van der Waals surface area contributed by atoms with Gasteiger partial charge in [0, 0.05) is 41.6 Å². The molecular formula is C19H28Cl2N4OS. The molecule has 0 aromatic carbocycles. The number of piperidine rings is 1. The van der Waals surface area contributed by atoms with Crippen LogP contribution in [0, 0.1) is 22.8 Å². The highest BCUT2D eigenvalue weighted by Gasteiger charge is 2.47. The first-order valence-corrected chi connectivity index (χ1v) is 12.0. The Hall–Kier alpha value is -0.350. The van der Waals surface area contributed by atoms with Gasteiger partial charge in [0.25, 0.3) is 0 Å². The fourth-order valence-electron chi connectivity index (χ4n) is 5.33. The summed E-state index contributed by atoms with van der Waals surface area (Å²) in [5.41, 5.74) is 0.359.